The first kappa shape index (κ1) is 27.1. The number of nitriles is 1. The maximum Gasteiger partial charge on any atom is 0.373 e. The molecule has 1 saturated heterocycles. The Kier molecular flexibility index (Phi) is 9.03. The second-order valence-electron chi connectivity index (χ2n) is 9.76. The molecule has 1 aliphatic rings. The van der Waals surface area contributed by atoms with Gasteiger partial charge in [-0.25, -0.2) is 4.39 Å². The molecule has 0 radical (unpaired) electrons. The summed E-state index contributed by atoms with van der Waals surface area (Å²) in [5.74, 6) is 1.06. The minimum atomic E-state index is -0.0894. The smallest absolute Gasteiger partial charge is 0.341 e. The predicted octanol–water partition coefficient (Wildman–Crippen LogP) is 6.35. The van der Waals surface area contributed by atoms with E-state index in [1.807, 2.05) is 31.2 Å². The van der Waals surface area contributed by atoms with Crippen LogP contribution in [0.2, 0.25) is 0 Å². The molecule has 0 amide bonds. The van der Waals surface area contributed by atoms with Crippen molar-refractivity contribution in [1.29, 1.82) is 5.26 Å². The van der Waals surface area contributed by atoms with Crippen LogP contribution in [-0.2, 0) is 9.59 Å². The largest absolute Gasteiger partial charge is 0.373 e. The lowest BCUT2D eigenvalue weighted by Gasteiger charge is -2.34. The maximum absolute atomic E-state index is 16.3. The Morgan fingerprint density at radius 1 is 1.17 bits per heavy atom. The quantitative estimate of drug-likeness (QED) is 0.436. The minimum Gasteiger partial charge on any atom is -0.341 e. The monoisotopic (exact) mass is 490 g/mol. The fourth-order valence-corrected chi connectivity index (χ4v) is 5.42. The van der Waals surface area contributed by atoms with Crippen LogP contribution < -0.4 is 4.90 Å². The molecule has 2 aromatic carbocycles. The van der Waals surface area contributed by atoms with Gasteiger partial charge in [0.15, 0.2) is 5.82 Å². The molecule has 6 nitrogen and oxygen atoms in total. The van der Waals surface area contributed by atoms with Gasteiger partial charge < -0.3 is 14.8 Å². The zero-order chi connectivity index (χ0) is 26.4. The third-order valence-electron chi connectivity index (χ3n) is 7.09. The van der Waals surface area contributed by atoms with Crippen molar-refractivity contribution in [3.63, 3.8) is 0 Å². The number of halogens is 1. The lowest BCUT2D eigenvalue weighted by Crippen LogP contribution is -2.34. The topological polar surface area (TPSA) is 80.2 Å². The van der Waals surface area contributed by atoms with E-state index in [-0.39, 0.29) is 23.9 Å². The molecule has 4 rings (SSSR count). The first-order valence-electron chi connectivity index (χ1n) is 12.6. The summed E-state index contributed by atoms with van der Waals surface area (Å²) < 4.78 is 16.3. The van der Waals surface area contributed by atoms with E-state index in [1.54, 1.807) is 0 Å². The highest BCUT2D eigenvalue weighted by Crippen LogP contribution is 2.40. The third-order valence-corrected chi connectivity index (χ3v) is 7.09. The standard InChI is InChI=1S/C28H35FN4.CO2/c1-6-13-32-14-11-22(12-15-32)26-19(4)7-10-25(27(26)29)33(18(2)3)28-20(5)23-9-8-21(17-30)16-24(23)31-28;2-1-3/h7-10,16,18,22,31H,6,11-15H2,1-5H3;. The van der Waals surface area contributed by atoms with Crippen molar-refractivity contribution in [2.24, 2.45) is 0 Å². The van der Waals surface area contributed by atoms with E-state index in [4.69, 9.17) is 9.59 Å². The Morgan fingerprint density at radius 3 is 2.42 bits per heavy atom. The van der Waals surface area contributed by atoms with Crippen LogP contribution in [0.15, 0.2) is 30.3 Å². The van der Waals surface area contributed by atoms with Gasteiger partial charge in [0, 0.05) is 16.9 Å². The maximum atomic E-state index is 16.3. The van der Waals surface area contributed by atoms with Gasteiger partial charge in [0.1, 0.15) is 5.82 Å². The summed E-state index contributed by atoms with van der Waals surface area (Å²) in [5, 5.41) is 10.3. The summed E-state index contributed by atoms with van der Waals surface area (Å²) in [4.78, 5) is 24.3. The Morgan fingerprint density at radius 2 is 1.83 bits per heavy atom. The second-order valence-corrected chi connectivity index (χ2v) is 9.76. The normalized spacial score (nSPS) is 14.3. The number of rotatable bonds is 6. The number of carbonyl (C=O) groups excluding carboxylic acids is 2. The number of nitrogens with zero attached hydrogens (tertiary/aromatic N) is 3. The van der Waals surface area contributed by atoms with Gasteiger partial charge in [0.2, 0.25) is 0 Å². The molecule has 0 bridgehead atoms. The molecule has 36 heavy (non-hydrogen) atoms. The molecule has 1 fully saturated rings. The van der Waals surface area contributed by atoms with Crippen LogP contribution in [0.3, 0.4) is 0 Å². The number of aryl methyl sites for hydroxylation is 2. The summed E-state index contributed by atoms with van der Waals surface area (Å²) >= 11 is 0. The van der Waals surface area contributed by atoms with E-state index in [9.17, 15) is 5.26 Å². The summed E-state index contributed by atoms with van der Waals surface area (Å²) in [6.45, 7) is 13.7. The van der Waals surface area contributed by atoms with Crippen molar-refractivity contribution < 1.29 is 14.0 Å². The lowest BCUT2D eigenvalue weighted by atomic mass is 9.85. The van der Waals surface area contributed by atoms with Crippen molar-refractivity contribution in [3.05, 3.63) is 58.4 Å². The van der Waals surface area contributed by atoms with Gasteiger partial charge in [0.05, 0.1) is 17.3 Å². The van der Waals surface area contributed by atoms with Crippen molar-refractivity contribution in [1.82, 2.24) is 9.88 Å². The number of hydrogen-bond acceptors (Lipinski definition) is 5. The second kappa shape index (κ2) is 12.0. The lowest BCUT2D eigenvalue weighted by molar-refractivity contribution is -0.191. The molecule has 0 spiro atoms. The number of aromatic nitrogens is 1. The van der Waals surface area contributed by atoms with Gasteiger partial charge in [-0.05, 0) is 107 Å². The first-order chi connectivity index (χ1) is 17.3. The molecule has 1 aromatic heterocycles. The van der Waals surface area contributed by atoms with E-state index in [0.29, 0.717) is 11.3 Å². The number of aromatic amines is 1. The predicted molar refractivity (Wildman–Crippen MR) is 140 cm³/mol. The Labute approximate surface area is 212 Å². The van der Waals surface area contributed by atoms with Gasteiger partial charge >= 0.3 is 6.15 Å². The number of piperidine rings is 1. The van der Waals surface area contributed by atoms with Crippen LogP contribution in [-0.4, -0.2) is 41.7 Å². The molecule has 0 atom stereocenters. The molecular formula is C29H35FN4O2. The number of H-pyrrole nitrogens is 1. The highest BCUT2D eigenvalue weighted by atomic mass is 19.1. The molecule has 0 aliphatic carbocycles. The summed E-state index contributed by atoms with van der Waals surface area (Å²) in [5.41, 5.74) is 5.14. The molecule has 1 aliphatic heterocycles. The van der Waals surface area contributed by atoms with Crippen LogP contribution in [0.25, 0.3) is 10.9 Å². The van der Waals surface area contributed by atoms with Crippen molar-refractivity contribution in [3.8, 4) is 6.07 Å². The molecule has 0 unspecified atom stereocenters. The SMILES string of the molecule is CCCN1CCC(c2c(C)ccc(N(c3[nH]c4cc(C#N)ccc4c3C)C(C)C)c2F)CC1.O=C=O. The van der Waals surface area contributed by atoms with Crippen molar-refractivity contribution in [2.75, 3.05) is 24.5 Å². The number of anilines is 2. The summed E-state index contributed by atoms with van der Waals surface area (Å²) in [6.07, 6.45) is 3.42. The van der Waals surface area contributed by atoms with Crippen LogP contribution in [0.4, 0.5) is 15.9 Å². The van der Waals surface area contributed by atoms with Crippen molar-refractivity contribution >= 4 is 28.6 Å². The van der Waals surface area contributed by atoms with Gasteiger partial charge in [-0.3, -0.25) is 0 Å². The summed E-state index contributed by atoms with van der Waals surface area (Å²) in [7, 11) is 0. The first-order valence-corrected chi connectivity index (χ1v) is 12.6. The van der Waals surface area contributed by atoms with Crippen LogP contribution in [0.1, 0.15) is 68.2 Å². The molecular weight excluding hydrogens is 455 g/mol. The zero-order valence-corrected chi connectivity index (χ0v) is 21.8. The van der Waals surface area contributed by atoms with E-state index in [2.05, 4.69) is 54.6 Å². The highest BCUT2D eigenvalue weighted by molar-refractivity contribution is 5.91. The van der Waals surface area contributed by atoms with Gasteiger partial charge in [-0.2, -0.15) is 14.9 Å². The molecule has 2 heterocycles. The fourth-order valence-electron chi connectivity index (χ4n) is 5.42. The van der Waals surface area contributed by atoms with Gasteiger partial charge in [-0.1, -0.05) is 19.1 Å². The minimum absolute atomic E-state index is 0.0589. The van der Waals surface area contributed by atoms with Crippen LogP contribution in [0, 0.1) is 31.0 Å². The van der Waals surface area contributed by atoms with Gasteiger partial charge in [0.25, 0.3) is 0 Å². The average Bonchev–Trinajstić information content (AvgIpc) is 3.17. The number of benzene rings is 2. The van der Waals surface area contributed by atoms with E-state index >= 15 is 4.39 Å². The number of likely N-dealkylation sites (tertiary alicyclic amines) is 1. The number of hydrogen-bond donors (Lipinski definition) is 1. The van der Waals surface area contributed by atoms with Crippen molar-refractivity contribution in [2.45, 2.75) is 65.8 Å². The van der Waals surface area contributed by atoms with Crippen LogP contribution >= 0.6 is 0 Å². The number of fused-ring (bicyclic) bond motifs is 1. The summed E-state index contributed by atoms with van der Waals surface area (Å²) in [6, 6.07) is 11.9. The molecule has 3 aromatic rings. The Balaban J connectivity index is 0.00000115. The third kappa shape index (κ3) is 5.51. The Bertz CT molecular complexity index is 1280. The number of nitrogens with one attached hydrogen (secondary N) is 1. The van der Waals surface area contributed by atoms with E-state index < -0.39 is 0 Å². The van der Waals surface area contributed by atoms with E-state index in [1.165, 1.54) is 0 Å². The van der Waals surface area contributed by atoms with Crippen LogP contribution in [0.5, 0.6) is 0 Å². The molecule has 1 N–H and O–H groups in total. The highest BCUT2D eigenvalue weighted by Gasteiger charge is 2.28. The molecule has 7 heteroatoms. The molecule has 0 saturated carbocycles. The average molecular weight is 491 g/mol. The Hall–Kier alpha value is -3.46. The van der Waals surface area contributed by atoms with Gasteiger partial charge in [-0.15, -0.1) is 0 Å². The fraction of sp³-hybridized carbons (Fsp3) is 0.448. The molecule has 190 valence electrons. The van der Waals surface area contributed by atoms with E-state index in [0.717, 1.165) is 72.3 Å². The zero-order valence-electron chi connectivity index (χ0n) is 21.8.